The molecule has 1 aliphatic heterocycles. The number of hydrogen-bond donors (Lipinski definition) is 0. The van der Waals surface area contributed by atoms with Crippen LogP contribution in [0.5, 0.6) is 0 Å². The molecule has 0 radical (unpaired) electrons. The van der Waals surface area contributed by atoms with Crippen molar-refractivity contribution in [1.82, 2.24) is 14.7 Å². The van der Waals surface area contributed by atoms with Crippen molar-refractivity contribution in [1.29, 1.82) is 0 Å². The van der Waals surface area contributed by atoms with Gasteiger partial charge in [-0.05, 0) is 12.1 Å². The monoisotopic (exact) mass is 333 g/mol. The fraction of sp³-hybridized carbons (Fsp3) is 0.471. The van der Waals surface area contributed by atoms with Gasteiger partial charge in [0.15, 0.2) is 5.76 Å². The molecule has 0 aliphatic carbocycles. The molecule has 3 amide bonds. The molecule has 1 saturated heterocycles. The minimum absolute atomic E-state index is 0.00425. The van der Waals surface area contributed by atoms with Gasteiger partial charge in [0.2, 0.25) is 11.8 Å². The number of amides is 3. The van der Waals surface area contributed by atoms with E-state index in [0.29, 0.717) is 45.0 Å². The lowest BCUT2D eigenvalue weighted by Gasteiger charge is -2.34. The summed E-state index contributed by atoms with van der Waals surface area (Å²) in [5.74, 6) is 0.0871. The zero-order valence-corrected chi connectivity index (χ0v) is 13.9. The molecule has 0 spiro atoms. The highest BCUT2D eigenvalue weighted by atomic mass is 16.3. The Morgan fingerprint density at radius 2 is 1.92 bits per heavy atom. The fourth-order valence-electron chi connectivity index (χ4n) is 2.64. The average molecular weight is 333 g/mol. The van der Waals surface area contributed by atoms with Gasteiger partial charge in [-0.15, -0.1) is 6.58 Å². The second-order valence-electron chi connectivity index (χ2n) is 5.65. The predicted octanol–water partition coefficient (Wildman–Crippen LogP) is 0.989. The van der Waals surface area contributed by atoms with Crippen LogP contribution in [-0.2, 0) is 9.59 Å². The molecular weight excluding hydrogens is 310 g/mol. The van der Waals surface area contributed by atoms with Crippen LogP contribution in [0.2, 0.25) is 0 Å². The van der Waals surface area contributed by atoms with Crippen LogP contribution in [0.3, 0.4) is 0 Å². The highest BCUT2D eigenvalue weighted by Crippen LogP contribution is 2.10. The Hall–Kier alpha value is -2.57. The molecule has 7 heteroatoms. The average Bonchev–Trinajstić information content (AvgIpc) is 3.12. The smallest absolute Gasteiger partial charge is 0.289 e. The van der Waals surface area contributed by atoms with Crippen molar-refractivity contribution in [2.24, 2.45) is 0 Å². The van der Waals surface area contributed by atoms with E-state index in [1.54, 1.807) is 32.9 Å². The second-order valence-corrected chi connectivity index (χ2v) is 5.65. The van der Waals surface area contributed by atoms with Gasteiger partial charge in [0.05, 0.1) is 6.26 Å². The number of carbonyl (C=O) groups is 3. The van der Waals surface area contributed by atoms with Gasteiger partial charge < -0.3 is 19.1 Å². The molecule has 130 valence electrons. The van der Waals surface area contributed by atoms with Crippen LogP contribution in [0.1, 0.15) is 23.9 Å². The van der Waals surface area contributed by atoms with E-state index in [4.69, 9.17) is 4.42 Å². The number of hydrogen-bond acceptors (Lipinski definition) is 4. The minimum Gasteiger partial charge on any atom is -0.459 e. The lowest BCUT2D eigenvalue weighted by molar-refractivity contribution is -0.134. The molecule has 7 nitrogen and oxygen atoms in total. The topological polar surface area (TPSA) is 74.1 Å². The van der Waals surface area contributed by atoms with Crippen molar-refractivity contribution in [3.8, 4) is 0 Å². The summed E-state index contributed by atoms with van der Waals surface area (Å²) in [6.45, 7) is 7.86. The van der Waals surface area contributed by atoms with Crippen LogP contribution >= 0.6 is 0 Å². The van der Waals surface area contributed by atoms with Crippen molar-refractivity contribution in [3.63, 3.8) is 0 Å². The van der Waals surface area contributed by atoms with Crippen LogP contribution in [0.25, 0.3) is 0 Å². The van der Waals surface area contributed by atoms with Gasteiger partial charge in [-0.3, -0.25) is 14.4 Å². The minimum atomic E-state index is -0.152. The van der Waals surface area contributed by atoms with Gasteiger partial charge in [0.25, 0.3) is 5.91 Å². The number of furan rings is 1. The maximum Gasteiger partial charge on any atom is 0.289 e. The van der Waals surface area contributed by atoms with E-state index in [1.165, 1.54) is 13.2 Å². The first-order chi connectivity index (χ1) is 11.5. The van der Waals surface area contributed by atoms with Crippen molar-refractivity contribution in [2.45, 2.75) is 13.3 Å². The summed E-state index contributed by atoms with van der Waals surface area (Å²) >= 11 is 0. The predicted molar refractivity (Wildman–Crippen MR) is 88.3 cm³/mol. The third-order valence-electron chi connectivity index (χ3n) is 4.04. The quantitative estimate of drug-likeness (QED) is 0.728. The molecule has 2 heterocycles. The molecule has 1 aliphatic rings. The summed E-state index contributed by atoms with van der Waals surface area (Å²) in [4.78, 5) is 40.9. The van der Waals surface area contributed by atoms with Gasteiger partial charge in [-0.2, -0.15) is 0 Å². The Balaban J connectivity index is 1.79. The lowest BCUT2D eigenvalue weighted by atomic mass is 10.2. The second kappa shape index (κ2) is 8.33. The van der Waals surface area contributed by atoms with E-state index in [1.807, 2.05) is 0 Å². The van der Waals surface area contributed by atoms with Gasteiger partial charge in [-0.1, -0.05) is 6.08 Å². The Kier molecular flexibility index (Phi) is 6.17. The molecule has 2 rings (SSSR count). The Bertz CT molecular complexity index is 589. The molecule has 0 bridgehead atoms. The standard InChI is InChI=1S/C17H23N3O4/c1-3-7-18(14(2)21)8-6-16(22)19-9-11-20(12-10-19)17(23)15-5-4-13-24-15/h3-5,13H,1,6-12H2,2H3. The molecule has 0 aromatic carbocycles. The van der Waals surface area contributed by atoms with Crippen LogP contribution in [0.4, 0.5) is 0 Å². The van der Waals surface area contributed by atoms with Crippen molar-refractivity contribution >= 4 is 17.7 Å². The van der Waals surface area contributed by atoms with Gasteiger partial charge in [0, 0.05) is 52.6 Å². The molecule has 0 saturated carbocycles. The number of rotatable bonds is 6. The number of piperazine rings is 1. The molecule has 0 unspecified atom stereocenters. The van der Waals surface area contributed by atoms with Crippen molar-refractivity contribution < 1.29 is 18.8 Å². The molecule has 1 aromatic heterocycles. The molecular formula is C17H23N3O4. The summed E-state index contributed by atoms with van der Waals surface area (Å²) in [5.41, 5.74) is 0. The number of nitrogens with zero attached hydrogens (tertiary/aromatic N) is 3. The summed E-state index contributed by atoms with van der Waals surface area (Å²) < 4.78 is 5.12. The number of carbonyl (C=O) groups excluding carboxylic acids is 3. The zero-order valence-electron chi connectivity index (χ0n) is 13.9. The third kappa shape index (κ3) is 4.47. The van der Waals surface area contributed by atoms with Crippen LogP contribution < -0.4 is 0 Å². The first-order valence-electron chi connectivity index (χ1n) is 8.00. The van der Waals surface area contributed by atoms with E-state index >= 15 is 0 Å². The highest BCUT2D eigenvalue weighted by Gasteiger charge is 2.26. The molecule has 24 heavy (non-hydrogen) atoms. The summed E-state index contributed by atoms with van der Waals surface area (Å²) in [6.07, 6.45) is 3.39. The van der Waals surface area contributed by atoms with Gasteiger partial charge in [0.1, 0.15) is 0 Å². The third-order valence-corrected chi connectivity index (χ3v) is 4.04. The van der Waals surface area contributed by atoms with Crippen molar-refractivity contribution in [3.05, 3.63) is 36.8 Å². The highest BCUT2D eigenvalue weighted by molar-refractivity contribution is 5.91. The van der Waals surface area contributed by atoms with E-state index in [-0.39, 0.29) is 24.1 Å². The van der Waals surface area contributed by atoms with Gasteiger partial charge in [-0.25, -0.2) is 0 Å². The largest absolute Gasteiger partial charge is 0.459 e. The van der Waals surface area contributed by atoms with E-state index in [9.17, 15) is 14.4 Å². The van der Waals surface area contributed by atoms with Gasteiger partial charge >= 0.3 is 0 Å². The summed E-state index contributed by atoms with van der Waals surface area (Å²) in [6, 6.07) is 3.31. The molecule has 0 atom stereocenters. The van der Waals surface area contributed by atoms with Crippen LogP contribution in [0.15, 0.2) is 35.5 Å². The Labute approximate surface area is 141 Å². The maximum atomic E-state index is 12.3. The lowest BCUT2D eigenvalue weighted by Crippen LogP contribution is -2.51. The van der Waals surface area contributed by atoms with E-state index in [2.05, 4.69) is 6.58 Å². The zero-order chi connectivity index (χ0) is 17.5. The van der Waals surface area contributed by atoms with E-state index < -0.39 is 0 Å². The normalized spacial score (nSPS) is 14.4. The maximum absolute atomic E-state index is 12.3. The molecule has 1 aromatic rings. The Morgan fingerprint density at radius 3 is 2.46 bits per heavy atom. The molecule has 1 fully saturated rings. The summed E-state index contributed by atoms with van der Waals surface area (Å²) in [5, 5.41) is 0. The fourth-order valence-corrected chi connectivity index (χ4v) is 2.64. The first kappa shape index (κ1) is 17.8. The Morgan fingerprint density at radius 1 is 1.25 bits per heavy atom. The molecule has 0 N–H and O–H groups in total. The van der Waals surface area contributed by atoms with Crippen molar-refractivity contribution in [2.75, 3.05) is 39.3 Å². The SMILES string of the molecule is C=CCN(CCC(=O)N1CCN(C(=O)c2ccco2)CC1)C(C)=O. The first-order valence-corrected chi connectivity index (χ1v) is 8.00. The van der Waals surface area contributed by atoms with Crippen LogP contribution in [0, 0.1) is 0 Å². The summed E-state index contributed by atoms with van der Waals surface area (Å²) in [7, 11) is 0. The van der Waals surface area contributed by atoms with E-state index in [0.717, 1.165) is 0 Å². The van der Waals surface area contributed by atoms with Crippen LogP contribution in [-0.4, -0.2) is 71.7 Å².